The first-order chi connectivity index (χ1) is 10.3. The number of rotatable bonds is 12. The van der Waals surface area contributed by atoms with Crippen LogP contribution >= 0.6 is 0 Å². The molecule has 1 aromatic carbocycles. The van der Waals surface area contributed by atoms with Gasteiger partial charge < -0.3 is 24.3 Å². The normalized spacial score (nSPS) is 10.6. The predicted octanol–water partition coefficient (Wildman–Crippen LogP) is 2.24. The Morgan fingerprint density at radius 2 is 1.76 bits per heavy atom. The van der Waals surface area contributed by atoms with E-state index in [-0.39, 0.29) is 0 Å². The first kappa shape index (κ1) is 17.8. The molecule has 0 aliphatic carbocycles. The highest BCUT2D eigenvalue weighted by Crippen LogP contribution is 2.25. The van der Waals surface area contributed by atoms with E-state index in [0.717, 1.165) is 36.6 Å². The summed E-state index contributed by atoms with van der Waals surface area (Å²) in [6.45, 7) is 6.13. The van der Waals surface area contributed by atoms with Gasteiger partial charge in [-0.25, -0.2) is 0 Å². The zero-order valence-electron chi connectivity index (χ0n) is 13.3. The fourth-order valence-corrected chi connectivity index (χ4v) is 1.76. The van der Waals surface area contributed by atoms with Crippen LogP contribution in [0.2, 0.25) is 0 Å². The van der Waals surface area contributed by atoms with Crippen LogP contribution in [0.15, 0.2) is 18.2 Å². The van der Waals surface area contributed by atoms with Gasteiger partial charge in [0, 0.05) is 38.9 Å². The van der Waals surface area contributed by atoms with Crippen LogP contribution in [0, 0.1) is 0 Å². The molecule has 0 bridgehead atoms. The summed E-state index contributed by atoms with van der Waals surface area (Å²) < 4.78 is 21.5. The quantitative estimate of drug-likeness (QED) is 0.600. The fraction of sp³-hybridized carbons (Fsp3) is 0.625. The molecule has 21 heavy (non-hydrogen) atoms. The number of benzene rings is 1. The molecular formula is C16H27NO4. The molecule has 120 valence electrons. The van der Waals surface area contributed by atoms with Crippen LogP contribution in [0.4, 0.5) is 0 Å². The zero-order chi connectivity index (χ0) is 15.3. The third-order valence-electron chi connectivity index (χ3n) is 2.85. The van der Waals surface area contributed by atoms with E-state index in [1.54, 1.807) is 14.2 Å². The van der Waals surface area contributed by atoms with Crippen molar-refractivity contribution in [2.75, 3.05) is 47.2 Å². The summed E-state index contributed by atoms with van der Waals surface area (Å²) in [7, 11) is 3.36. The SMILES string of the molecule is CCCOc1ccc(CNCCOC)c(OCCOC)c1. The molecule has 0 atom stereocenters. The molecule has 0 saturated carbocycles. The van der Waals surface area contributed by atoms with Crippen LogP contribution < -0.4 is 14.8 Å². The van der Waals surface area contributed by atoms with Gasteiger partial charge in [-0.3, -0.25) is 0 Å². The molecule has 0 aliphatic rings. The summed E-state index contributed by atoms with van der Waals surface area (Å²) in [6.07, 6.45) is 0.986. The van der Waals surface area contributed by atoms with Crippen molar-refractivity contribution in [3.63, 3.8) is 0 Å². The minimum atomic E-state index is 0.527. The largest absolute Gasteiger partial charge is 0.493 e. The number of methoxy groups -OCH3 is 2. The third-order valence-corrected chi connectivity index (χ3v) is 2.85. The van der Waals surface area contributed by atoms with Crippen molar-refractivity contribution in [2.24, 2.45) is 0 Å². The van der Waals surface area contributed by atoms with Gasteiger partial charge in [-0.05, 0) is 12.5 Å². The van der Waals surface area contributed by atoms with Crippen molar-refractivity contribution in [2.45, 2.75) is 19.9 Å². The van der Waals surface area contributed by atoms with E-state index in [1.165, 1.54) is 0 Å². The Balaban J connectivity index is 2.64. The fourth-order valence-electron chi connectivity index (χ4n) is 1.76. The van der Waals surface area contributed by atoms with Gasteiger partial charge in [-0.15, -0.1) is 0 Å². The molecule has 0 unspecified atom stereocenters. The summed E-state index contributed by atoms with van der Waals surface area (Å²) in [5.74, 6) is 1.68. The molecule has 5 heteroatoms. The minimum absolute atomic E-state index is 0.527. The molecule has 1 aromatic rings. The van der Waals surface area contributed by atoms with Crippen LogP contribution in [0.5, 0.6) is 11.5 Å². The maximum atomic E-state index is 5.78. The molecule has 0 radical (unpaired) electrons. The number of hydrogen-bond donors (Lipinski definition) is 1. The highest BCUT2D eigenvalue weighted by Gasteiger charge is 2.06. The zero-order valence-corrected chi connectivity index (χ0v) is 13.3. The lowest BCUT2D eigenvalue weighted by atomic mass is 10.2. The van der Waals surface area contributed by atoms with Crippen LogP contribution in [-0.2, 0) is 16.0 Å². The number of ether oxygens (including phenoxy) is 4. The molecule has 0 amide bonds. The van der Waals surface area contributed by atoms with E-state index in [9.17, 15) is 0 Å². The first-order valence-electron chi connectivity index (χ1n) is 7.39. The van der Waals surface area contributed by atoms with Gasteiger partial charge in [0.15, 0.2) is 0 Å². The second-order valence-corrected chi connectivity index (χ2v) is 4.63. The van der Waals surface area contributed by atoms with Gasteiger partial charge in [-0.2, -0.15) is 0 Å². The average Bonchev–Trinajstić information content (AvgIpc) is 2.51. The van der Waals surface area contributed by atoms with Crippen LogP contribution in [-0.4, -0.2) is 47.2 Å². The van der Waals surface area contributed by atoms with E-state index in [1.807, 2.05) is 18.2 Å². The number of nitrogens with one attached hydrogen (secondary N) is 1. The van der Waals surface area contributed by atoms with E-state index in [0.29, 0.717) is 26.4 Å². The van der Waals surface area contributed by atoms with E-state index in [4.69, 9.17) is 18.9 Å². The Bertz CT molecular complexity index is 385. The van der Waals surface area contributed by atoms with Crippen molar-refractivity contribution in [3.8, 4) is 11.5 Å². The average molecular weight is 297 g/mol. The summed E-state index contributed by atoms with van der Waals surface area (Å²) in [6, 6.07) is 5.96. The van der Waals surface area contributed by atoms with Gasteiger partial charge in [-0.1, -0.05) is 13.0 Å². The Kier molecular flexibility index (Phi) is 9.61. The molecule has 1 rings (SSSR count). The summed E-state index contributed by atoms with van der Waals surface area (Å²) >= 11 is 0. The van der Waals surface area contributed by atoms with Crippen LogP contribution in [0.25, 0.3) is 0 Å². The standard InChI is InChI=1S/C16H27NO4/c1-4-8-20-15-6-5-14(13-17-7-9-18-2)16(12-15)21-11-10-19-3/h5-6,12,17H,4,7-11,13H2,1-3H3. The monoisotopic (exact) mass is 297 g/mol. The smallest absolute Gasteiger partial charge is 0.127 e. The molecule has 0 aromatic heterocycles. The highest BCUT2D eigenvalue weighted by atomic mass is 16.5. The molecule has 1 N–H and O–H groups in total. The first-order valence-corrected chi connectivity index (χ1v) is 7.39. The van der Waals surface area contributed by atoms with Crippen molar-refractivity contribution in [1.82, 2.24) is 5.32 Å². The summed E-state index contributed by atoms with van der Waals surface area (Å²) in [5.41, 5.74) is 1.10. The van der Waals surface area contributed by atoms with Crippen molar-refractivity contribution < 1.29 is 18.9 Å². The molecule has 0 aliphatic heterocycles. The predicted molar refractivity (Wildman–Crippen MR) is 83.2 cm³/mol. The Labute approximate surface area is 127 Å². The summed E-state index contributed by atoms with van der Waals surface area (Å²) in [5, 5.41) is 3.32. The molecule has 0 fully saturated rings. The van der Waals surface area contributed by atoms with Crippen molar-refractivity contribution in [3.05, 3.63) is 23.8 Å². The Hall–Kier alpha value is -1.30. The van der Waals surface area contributed by atoms with Gasteiger partial charge in [0.2, 0.25) is 0 Å². The van der Waals surface area contributed by atoms with Crippen molar-refractivity contribution in [1.29, 1.82) is 0 Å². The molecular weight excluding hydrogens is 270 g/mol. The van der Waals surface area contributed by atoms with E-state index >= 15 is 0 Å². The maximum absolute atomic E-state index is 5.78. The molecule has 0 saturated heterocycles. The van der Waals surface area contributed by atoms with Gasteiger partial charge >= 0.3 is 0 Å². The van der Waals surface area contributed by atoms with E-state index in [2.05, 4.69) is 12.2 Å². The Morgan fingerprint density at radius 3 is 2.48 bits per heavy atom. The lowest BCUT2D eigenvalue weighted by Gasteiger charge is -2.14. The minimum Gasteiger partial charge on any atom is -0.493 e. The lowest BCUT2D eigenvalue weighted by molar-refractivity contribution is 0.145. The number of hydrogen-bond acceptors (Lipinski definition) is 5. The van der Waals surface area contributed by atoms with Crippen LogP contribution in [0.1, 0.15) is 18.9 Å². The van der Waals surface area contributed by atoms with E-state index < -0.39 is 0 Å². The highest BCUT2D eigenvalue weighted by molar-refractivity contribution is 5.40. The third kappa shape index (κ3) is 7.32. The maximum Gasteiger partial charge on any atom is 0.127 e. The van der Waals surface area contributed by atoms with Gasteiger partial charge in [0.05, 0.1) is 19.8 Å². The topological polar surface area (TPSA) is 49.0 Å². The van der Waals surface area contributed by atoms with Gasteiger partial charge in [0.1, 0.15) is 18.1 Å². The lowest BCUT2D eigenvalue weighted by Crippen LogP contribution is -2.19. The second kappa shape index (κ2) is 11.4. The molecule has 0 spiro atoms. The van der Waals surface area contributed by atoms with Gasteiger partial charge in [0.25, 0.3) is 0 Å². The summed E-state index contributed by atoms with van der Waals surface area (Å²) in [4.78, 5) is 0. The second-order valence-electron chi connectivity index (χ2n) is 4.63. The molecule has 0 heterocycles. The Morgan fingerprint density at radius 1 is 0.952 bits per heavy atom. The van der Waals surface area contributed by atoms with Crippen molar-refractivity contribution >= 4 is 0 Å². The van der Waals surface area contributed by atoms with Crippen LogP contribution in [0.3, 0.4) is 0 Å². The molecule has 5 nitrogen and oxygen atoms in total.